The number of nitrogens with zero attached hydrogens (tertiary/aromatic N) is 4. The van der Waals surface area contributed by atoms with E-state index >= 15 is 0 Å². The first kappa shape index (κ1) is 22.6. The Balaban J connectivity index is 1.53. The third-order valence-electron chi connectivity index (χ3n) is 5.50. The van der Waals surface area contributed by atoms with Crippen molar-refractivity contribution in [3.8, 4) is 5.75 Å². The van der Waals surface area contributed by atoms with Crippen LogP contribution < -0.4 is 15.4 Å². The topological polar surface area (TPSA) is 66.7 Å². The van der Waals surface area contributed by atoms with Crippen LogP contribution in [0.3, 0.4) is 0 Å². The van der Waals surface area contributed by atoms with Crippen molar-refractivity contribution in [3.63, 3.8) is 0 Å². The number of aliphatic imine (C=N–C) groups is 1. The van der Waals surface area contributed by atoms with E-state index in [4.69, 9.17) is 4.74 Å². The van der Waals surface area contributed by atoms with Crippen LogP contribution in [0, 0.1) is 6.92 Å². The maximum atomic E-state index is 5.56. The summed E-state index contributed by atoms with van der Waals surface area (Å²) < 4.78 is 7.83. The summed E-state index contributed by atoms with van der Waals surface area (Å²) in [4.78, 5) is 11.2. The van der Waals surface area contributed by atoms with Gasteiger partial charge in [0, 0.05) is 32.2 Å². The average molecular weight is 423 g/mol. The molecule has 3 rings (SSSR count). The van der Waals surface area contributed by atoms with Crippen LogP contribution in [0.4, 0.5) is 0 Å². The summed E-state index contributed by atoms with van der Waals surface area (Å²) in [6, 6.07) is 16.6. The molecular formula is C24H34N6O. The van der Waals surface area contributed by atoms with Gasteiger partial charge in [0.1, 0.15) is 11.6 Å². The van der Waals surface area contributed by atoms with E-state index in [-0.39, 0.29) is 6.04 Å². The van der Waals surface area contributed by atoms with Crippen LogP contribution in [-0.2, 0) is 6.54 Å². The Kier molecular flexibility index (Phi) is 7.89. The summed E-state index contributed by atoms with van der Waals surface area (Å²) >= 11 is 0. The first-order valence-corrected chi connectivity index (χ1v) is 10.7. The van der Waals surface area contributed by atoms with E-state index in [9.17, 15) is 0 Å². The summed E-state index contributed by atoms with van der Waals surface area (Å²) in [5, 5.41) is 6.89. The smallest absolute Gasteiger partial charge is 0.191 e. The fourth-order valence-electron chi connectivity index (χ4n) is 3.85. The lowest BCUT2D eigenvalue weighted by atomic mass is 10.0. The number of imidazole rings is 1. The molecule has 0 spiro atoms. The molecule has 0 aliphatic carbocycles. The first-order valence-electron chi connectivity index (χ1n) is 10.7. The van der Waals surface area contributed by atoms with E-state index < -0.39 is 0 Å². The van der Waals surface area contributed by atoms with Crippen molar-refractivity contribution in [3.05, 3.63) is 59.9 Å². The molecule has 1 heterocycles. The van der Waals surface area contributed by atoms with Gasteiger partial charge in [-0.2, -0.15) is 0 Å². The Bertz CT molecular complexity index is 1010. The molecule has 0 bridgehead atoms. The summed E-state index contributed by atoms with van der Waals surface area (Å²) in [6.07, 6.45) is 0.978. The van der Waals surface area contributed by atoms with Gasteiger partial charge in [-0.3, -0.25) is 4.99 Å². The molecule has 0 fully saturated rings. The predicted molar refractivity (Wildman–Crippen MR) is 128 cm³/mol. The van der Waals surface area contributed by atoms with E-state index in [1.807, 2.05) is 24.3 Å². The third-order valence-corrected chi connectivity index (χ3v) is 5.50. The lowest BCUT2D eigenvalue weighted by molar-refractivity contribution is 0.287. The number of para-hydroxylation sites is 3. The SMILES string of the molecule is CN=C(NCCCn1c(C)nc2ccccc21)NCC(c1ccccc1OC)N(C)C. The van der Waals surface area contributed by atoms with Crippen LogP contribution >= 0.6 is 0 Å². The predicted octanol–water partition coefficient (Wildman–Crippen LogP) is 3.21. The van der Waals surface area contributed by atoms with Crippen molar-refractivity contribution in [2.75, 3.05) is 41.3 Å². The molecule has 0 aliphatic heterocycles. The molecule has 166 valence electrons. The van der Waals surface area contributed by atoms with E-state index in [1.165, 1.54) is 5.52 Å². The van der Waals surface area contributed by atoms with Gasteiger partial charge in [0.15, 0.2) is 5.96 Å². The van der Waals surface area contributed by atoms with Crippen LogP contribution in [0.1, 0.15) is 23.9 Å². The summed E-state index contributed by atoms with van der Waals surface area (Å²) in [5.74, 6) is 2.75. The zero-order chi connectivity index (χ0) is 22.2. The van der Waals surface area contributed by atoms with E-state index in [0.717, 1.165) is 54.7 Å². The van der Waals surface area contributed by atoms with Crippen molar-refractivity contribution in [2.24, 2.45) is 4.99 Å². The molecule has 7 heteroatoms. The minimum absolute atomic E-state index is 0.162. The van der Waals surface area contributed by atoms with Gasteiger partial charge in [-0.05, 0) is 45.6 Å². The van der Waals surface area contributed by atoms with Gasteiger partial charge in [0.25, 0.3) is 0 Å². The molecular weight excluding hydrogens is 388 g/mol. The Morgan fingerprint density at radius 1 is 1.13 bits per heavy atom. The normalized spacial score (nSPS) is 12.9. The van der Waals surface area contributed by atoms with Gasteiger partial charge in [-0.15, -0.1) is 0 Å². The average Bonchev–Trinajstić information content (AvgIpc) is 3.10. The molecule has 0 saturated heterocycles. The maximum Gasteiger partial charge on any atom is 0.191 e. The molecule has 0 amide bonds. The Labute approximate surface area is 185 Å². The van der Waals surface area contributed by atoms with Gasteiger partial charge in [-0.1, -0.05) is 30.3 Å². The number of guanidine groups is 1. The Morgan fingerprint density at radius 3 is 2.61 bits per heavy atom. The van der Waals surface area contributed by atoms with Crippen LogP contribution in [0.15, 0.2) is 53.5 Å². The van der Waals surface area contributed by atoms with E-state index in [2.05, 4.69) is 75.4 Å². The first-order chi connectivity index (χ1) is 15.0. The fraction of sp³-hybridized carbons (Fsp3) is 0.417. The number of hydrogen-bond donors (Lipinski definition) is 2. The number of fused-ring (bicyclic) bond motifs is 1. The molecule has 1 aromatic heterocycles. The highest BCUT2D eigenvalue weighted by Crippen LogP contribution is 2.27. The monoisotopic (exact) mass is 422 g/mol. The Hall–Kier alpha value is -3.06. The minimum atomic E-state index is 0.162. The molecule has 2 aromatic carbocycles. The van der Waals surface area contributed by atoms with Crippen LogP contribution in [-0.4, -0.2) is 61.8 Å². The van der Waals surface area contributed by atoms with Crippen LogP contribution in [0.2, 0.25) is 0 Å². The molecule has 1 atom stereocenters. The Morgan fingerprint density at radius 2 is 1.87 bits per heavy atom. The summed E-state index contributed by atoms with van der Waals surface area (Å²) in [6.45, 7) is 4.52. The van der Waals surface area contributed by atoms with Gasteiger partial charge in [0.2, 0.25) is 0 Å². The van der Waals surface area contributed by atoms with Crippen molar-refractivity contribution >= 4 is 17.0 Å². The number of methoxy groups -OCH3 is 1. The van der Waals surface area contributed by atoms with Gasteiger partial charge < -0.3 is 24.8 Å². The highest BCUT2D eigenvalue weighted by atomic mass is 16.5. The standard InChI is InChI=1S/C24H34N6O/c1-18-28-20-12-7-8-13-21(20)30(18)16-10-15-26-24(25-2)27-17-22(29(3)4)19-11-6-9-14-23(19)31-5/h6-9,11-14,22H,10,15-17H2,1-5H3,(H2,25,26,27). The molecule has 31 heavy (non-hydrogen) atoms. The molecule has 0 saturated carbocycles. The number of ether oxygens (including phenoxy) is 1. The number of aryl methyl sites for hydroxylation is 2. The second kappa shape index (κ2) is 10.8. The van der Waals surface area contributed by atoms with E-state index in [0.29, 0.717) is 0 Å². The van der Waals surface area contributed by atoms with Crippen molar-refractivity contribution in [2.45, 2.75) is 25.9 Å². The van der Waals surface area contributed by atoms with Gasteiger partial charge in [0.05, 0.1) is 24.2 Å². The highest BCUT2D eigenvalue weighted by Gasteiger charge is 2.18. The van der Waals surface area contributed by atoms with E-state index in [1.54, 1.807) is 14.2 Å². The zero-order valence-corrected chi connectivity index (χ0v) is 19.2. The van der Waals surface area contributed by atoms with Gasteiger partial charge >= 0.3 is 0 Å². The molecule has 1 unspecified atom stereocenters. The molecule has 2 N–H and O–H groups in total. The second-order valence-corrected chi connectivity index (χ2v) is 7.75. The zero-order valence-electron chi connectivity index (χ0n) is 19.2. The molecule has 0 radical (unpaired) electrons. The number of hydrogen-bond acceptors (Lipinski definition) is 4. The lowest BCUT2D eigenvalue weighted by Crippen LogP contribution is -2.42. The van der Waals surface area contributed by atoms with Crippen LogP contribution in [0.25, 0.3) is 11.0 Å². The van der Waals surface area contributed by atoms with Crippen molar-refractivity contribution < 1.29 is 4.74 Å². The maximum absolute atomic E-state index is 5.56. The fourth-order valence-corrected chi connectivity index (χ4v) is 3.85. The highest BCUT2D eigenvalue weighted by molar-refractivity contribution is 5.79. The second-order valence-electron chi connectivity index (χ2n) is 7.75. The number of likely N-dealkylation sites (N-methyl/N-ethyl adjacent to an activating group) is 1. The number of aromatic nitrogens is 2. The third kappa shape index (κ3) is 5.55. The van der Waals surface area contributed by atoms with Crippen molar-refractivity contribution in [1.82, 2.24) is 25.1 Å². The summed E-state index contributed by atoms with van der Waals surface area (Å²) in [7, 11) is 7.67. The molecule has 3 aromatic rings. The number of benzene rings is 2. The lowest BCUT2D eigenvalue weighted by Gasteiger charge is -2.27. The number of rotatable bonds is 9. The largest absolute Gasteiger partial charge is 0.496 e. The van der Waals surface area contributed by atoms with Crippen LogP contribution in [0.5, 0.6) is 5.75 Å². The minimum Gasteiger partial charge on any atom is -0.496 e. The molecule has 0 aliphatic rings. The summed E-state index contributed by atoms with van der Waals surface area (Å²) in [5.41, 5.74) is 3.39. The van der Waals surface area contributed by atoms with Crippen molar-refractivity contribution in [1.29, 1.82) is 0 Å². The molecule has 7 nitrogen and oxygen atoms in total. The number of nitrogens with one attached hydrogen (secondary N) is 2. The van der Waals surface area contributed by atoms with Gasteiger partial charge in [-0.25, -0.2) is 4.98 Å². The quantitative estimate of drug-likeness (QED) is 0.315.